The van der Waals surface area contributed by atoms with Crippen LogP contribution in [0.3, 0.4) is 0 Å². The Labute approximate surface area is 213 Å². The van der Waals surface area contributed by atoms with Crippen LogP contribution in [0.2, 0.25) is 5.02 Å². The Balaban J connectivity index is 1.42. The van der Waals surface area contributed by atoms with Gasteiger partial charge in [0, 0.05) is 49.1 Å². The van der Waals surface area contributed by atoms with Gasteiger partial charge in [0.05, 0.1) is 18.2 Å². The average molecular weight is 517 g/mol. The van der Waals surface area contributed by atoms with Gasteiger partial charge in [-0.05, 0) is 42.8 Å². The number of rotatable bonds is 8. The predicted octanol–water partition coefficient (Wildman–Crippen LogP) is 4.46. The van der Waals surface area contributed by atoms with E-state index in [0.29, 0.717) is 17.7 Å². The number of halogens is 3. The van der Waals surface area contributed by atoms with E-state index >= 15 is 0 Å². The van der Waals surface area contributed by atoms with Crippen LogP contribution in [0.4, 0.5) is 14.6 Å². The van der Waals surface area contributed by atoms with E-state index in [0.717, 1.165) is 50.5 Å². The number of hydrogen-bond acceptors (Lipinski definition) is 6. The van der Waals surface area contributed by atoms with Crippen LogP contribution in [0.1, 0.15) is 28.9 Å². The number of benzene rings is 2. The fraction of sp³-hybridized carbons (Fsp3) is 0.308. The van der Waals surface area contributed by atoms with Crippen molar-refractivity contribution in [1.82, 2.24) is 15.2 Å². The first-order valence-corrected chi connectivity index (χ1v) is 12.0. The Kier molecular flexibility index (Phi) is 8.35. The van der Waals surface area contributed by atoms with Gasteiger partial charge in [-0.3, -0.25) is 9.69 Å². The van der Waals surface area contributed by atoms with Crippen LogP contribution in [0.15, 0.2) is 48.7 Å². The molecule has 1 atom stereocenters. The second kappa shape index (κ2) is 11.6. The van der Waals surface area contributed by atoms with Crippen molar-refractivity contribution < 1.29 is 23.0 Å². The minimum absolute atomic E-state index is 0.0924. The van der Waals surface area contributed by atoms with Crippen molar-refractivity contribution in [2.75, 3.05) is 45.1 Å². The molecule has 3 N–H and O–H groups in total. The first-order valence-electron chi connectivity index (χ1n) is 11.6. The van der Waals surface area contributed by atoms with Crippen molar-refractivity contribution in [2.24, 2.45) is 0 Å². The van der Waals surface area contributed by atoms with Gasteiger partial charge in [-0.1, -0.05) is 23.7 Å². The molecule has 4 rings (SSSR count). The van der Waals surface area contributed by atoms with E-state index in [4.69, 9.17) is 26.8 Å². The molecule has 0 saturated carbocycles. The lowest BCUT2D eigenvalue weighted by Crippen LogP contribution is -2.41. The highest BCUT2D eigenvalue weighted by Gasteiger charge is 2.21. The Hall–Kier alpha value is -3.27. The lowest BCUT2D eigenvalue weighted by Gasteiger charge is -2.26. The molecule has 190 valence electrons. The summed E-state index contributed by atoms with van der Waals surface area (Å²) in [5, 5.41) is 2.59. The smallest absolute Gasteiger partial charge is 0.251 e. The number of nitrogen functional groups attached to an aromatic ring is 1. The molecule has 1 amide bonds. The van der Waals surface area contributed by atoms with Crippen LogP contribution in [-0.4, -0.2) is 55.2 Å². The van der Waals surface area contributed by atoms with Gasteiger partial charge in [0.25, 0.3) is 5.91 Å². The van der Waals surface area contributed by atoms with Crippen molar-refractivity contribution >= 4 is 23.3 Å². The number of anilines is 1. The summed E-state index contributed by atoms with van der Waals surface area (Å²) in [6.07, 6.45) is 0.649. The highest BCUT2D eigenvalue weighted by molar-refractivity contribution is 6.31. The molecule has 36 heavy (non-hydrogen) atoms. The van der Waals surface area contributed by atoms with E-state index in [-0.39, 0.29) is 28.1 Å². The molecule has 1 unspecified atom stereocenters. The Morgan fingerprint density at radius 1 is 1.17 bits per heavy atom. The number of morpholine rings is 1. The summed E-state index contributed by atoms with van der Waals surface area (Å²) in [5.74, 6) is -1.29. The maximum absolute atomic E-state index is 14.3. The zero-order valence-electron chi connectivity index (χ0n) is 19.8. The fourth-order valence-corrected chi connectivity index (χ4v) is 4.25. The zero-order valence-corrected chi connectivity index (χ0v) is 20.5. The van der Waals surface area contributed by atoms with Gasteiger partial charge < -0.3 is 20.5 Å². The summed E-state index contributed by atoms with van der Waals surface area (Å²) in [6, 6.07) is 10.6. The molecular formula is C26H27ClF2N4O3. The number of carbonyl (C=O) groups is 1. The van der Waals surface area contributed by atoms with Crippen LogP contribution < -0.4 is 15.8 Å². The molecule has 2 aromatic carbocycles. The first-order chi connectivity index (χ1) is 17.3. The quantitative estimate of drug-likeness (QED) is 0.430. The monoisotopic (exact) mass is 516 g/mol. The molecule has 0 bridgehead atoms. The van der Waals surface area contributed by atoms with E-state index in [1.54, 1.807) is 43.5 Å². The number of pyridine rings is 1. The van der Waals surface area contributed by atoms with Crippen molar-refractivity contribution in [3.05, 3.63) is 76.4 Å². The molecule has 0 radical (unpaired) electrons. The number of nitrogens with zero attached hydrogens (tertiary/aromatic N) is 2. The van der Waals surface area contributed by atoms with Crippen molar-refractivity contribution in [3.8, 4) is 16.9 Å². The third-order valence-electron chi connectivity index (χ3n) is 5.97. The Morgan fingerprint density at radius 2 is 1.86 bits per heavy atom. The van der Waals surface area contributed by atoms with Gasteiger partial charge in [-0.2, -0.15) is 0 Å². The maximum Gasteiger partial charge on any atom is 0.251 e. The molecule has 1 aromatic heterocycles. The lowest BCUT2D eigenvalue weighted by molar-refractivity contribution is 0.0383. The second-order valence-corrected chi connectivity index (χ2v) is 8.79. The number of carbonyl (C=O) groups excluding carboxylic acids is 1. The average Bonchev–Trinajstić information content (AvgIpc) is 2.88. The maximum atomic E-state index is 14.3. The molecule has 1 fully saturated rings. The summed E-state index contributed by atoms with van der Waals surface area (Å²) in [5.41, 5.74) is 7.85. The fourth-order valence-electron chi connectivity index (χ4n) is 3.94. The largest absolute Gasteiger partial charge is 0.482 e. The van der Waals surface area contributed by atoms with Crippen LogP contribution >= 0.6 is 11.6 Å². The van der Waals surface area contributed by atoms with Crippen LogP contribution in [-0.2, 0) is 4.74 Å². The van der Waals surface area contributed by atoms with Gasteiger partial charge in [0.15, 0.2) is 11.6 Å². The summed E-state index contributed by atoms with van der Waals surface area (Å²) in [6.45, 7) is 6.05. The number of aromatic nitrogens is 1. The minimum atomic E-state index is -0.920. The third kappa shape index (κ3) is 6.10. The molecule has 2 heterocycles. The van der Waals surface area contributed by atoms with E-state index in [1.165, 1.54) is 0 Å². The van der Waals surface area contributed by atoms with Crippen LogP contribution in [0, 0.1) is 11.6 Å². The standard InChI is InChI=1S/C26H27ClF2N4O3/c1-16(23-20(28)6-7-21(29)24(23)27)36-22-14-19(15-32-25(22)30)17-2-4-18(5-3-17)26(34)31-8-9-33-10-12-35-13-11-33/h2-7,14-16H,8-13H2,1H3,(H2,30,32)(H,31,34). The van der Waals surface area contributed by atoms with Crippen molar-refractivity contribution in [1.29, 1.82) is 0 Å². The summed E-state index contributed by atoms with van der Waals surface area (Å²) < 4.78 is 39.3. The lowest BCUT2D eigenvalue weighted by atomic mass is 10.0. The number of amides is 1. The number of hydrogen-bond donors (Lipinski definition) is 2. The molecule has 1 aliphatic rings. The van der Waals surface area contributed by atoms with Gasteiger partial charge in [-0.15, -0.1) is 0 Å². The topological polar surface area (TPSA) is 89.7 Å². The van der Waals surface area contributed by atoms with Gasteiger partial charge in [0.1, 0.15) is 17.7 Å². The zero-order chi connectivity index (χ0) is 25.7. The summed E-state index contributed by atoms with van der Waals surface area (Å²) >= 11 is 5.96. The molecule has 10 heteroatoms. The minimum Gasteiger partial charge on any atom is -0.482 e. The van der Waals surface area contributed by atoms with Crippen LogP contribution in [0.5, 0.6) is 5.75 Å². The van der Waals surface area contributed by atoms with E-state index in [2.05, 4.69) is 15.2 Å². The molecule has 1 aliphatic heterocycles. The molecule has 0 aliphatic carbocycles. The number of ether oxygens (including phenoxy) is 2. The van der Waals surface area contributed by atoms with E-state index in [9.17, 15) is 13.6 Å². The molecular weight excluding hydrogens is 490 g/mol. The third-order valence-corrected chi connectivity index (χ3v) is 6.35. The number of nitrogens with two attached hydrogens (primary N) is 1. The second-order valence-electron chi connectivity index (χ2n) is 8.41. The molecule has 3 aromatic rings. The summed E-state index contributed by atoms with van der Waals surface area (Å²) in [7, 11) is 0. The van der Waals surface area contributed by atoms with Gasteiger partial charge in [-0.25, -0.2) is 13.8 Å². The Morgan fingerprint density at radius 3 is 2.58 bits per heavy atom. The molecule has 7 nitrogen and oxygen atoms in total. The predicted molar refractivity (Wildman–Crippen MR) is 134 cm³/mol. The van der Waals surface area contributed by atoms with Gasteiger partial charge >= 0.3 is 0 Å². The van der Waals surface area contributed by atoms with Crippen LogP contribution in [0.25, 0.3) is 11.1 Å². The highest BCUT2D eigenvalue weighted by Crippen LogP contribution is 2.34. The van der Waals surface area contributed by atoms with Crippen molar-refractivity contribution in [2.45, 2.75) is 13.0 Å². The molecule has 1 saturated heterocycles. The Bertz CT molecular complexity index is 1220. The van der Waals surface area contributed by atoms with Crippen molar-refractivity contribution in [3.63, 3.8) is 0 Å². The van der Waals surface area contributed by atoms with E-state index < -0.39 is 17.7 Å². The van der Waals surface area contributed by atoms with Gasteiger partial charge in [0.2, 0.25) is 0 Å². The highest BCUT2D eigenvalue weighted by atomic mass is 35.5. The SMILES string of the molecule is CC(Oc1cc(-c2ccc(C(=O)NCCN3CCOCC3)cc2)cnc1N)c1c(F)ccc(F)c1Cl. The summed E-state index contributed by atoms with van der Waals surface area (Å²) in [4.78, 5) is 18.9. The number of nitrogens with one attached hydrogen (secondary N) is 1. The van der Waals surface area contributed by atoms with E-state index in [1.807, 2.05) is 0 Å². The first kappa shape index (κ1) is 25.8. The molecule has 0 spiro atoms. The normalized spacial score (nSPS) is 14.9.